The van der Waals surface area contributed by atoms with Gasteiger partial charge in [-0.05, 0) is 30.9 Å². The minimum atomic E-state index is 0.0973. The lowest BCUT2D eigenvalue weighted by Gasteiger charge is -2.33. The van der Waals surface area contributed by atoms with Gasteiger partial charge in [-0.2, -0.15) is 0 Å². The molecule has 2 atom stereocenters. The van der Waals surface area contributed by atoms with Crippen LogP contribution in [0.25, 0.3) is 0 Å². The normalized spacial score (nSPS) is 24.8. The number of amides is 2. The van der Waals surface area contributed by atoms with Gasteiger partial charge in [-0.3, -0.25) is 9.59 Å². The summed E-state index contributed by atoms with van der Waals surface area (Å²) in [5, 5.41) is 3.24. The molecule has 1 heterocycles. The zero-order valence-corrected chi connectivity index (χ0v) is 15.2. The van der Waals surface area contributed by atoms with E-state index in [-0.39, 0.29) is 11.8 Å². The molecule has 0 aromatic heterocycles. The summed E-state index contributed by atoms with van der Waals surface area (Å²) in [5.41, 5.74) is 0.745. The van der Waals surface area contributed by atoms with Gasteiger partial charge in [0.25, 0.3) is 11.8 Å². The van der Waals surface area contributed by atoms with Crippen LogP contribution in [0.3, 0.4) is 0 Å². The van der Waals surface area contributed by atoms with Gasteiger partial charge in [0, 0.05) is 11.6 Å². The molecule has 2 aliphatic rings. The number of rotatable bonds is 4. The lowest BCUT2D eigenvalue weighted by Crippen LogP contribution is -3.16. The second kappa shape index (κ2) is 8.48. The molecule has 25 heavy (non-hydrogen) atoms. The Bertz CT molecular complexity index is 582. The van der Waals surface area contributed by atoms with E-state index in [1.165, 1.54) is 24.2 Å². The van der Waals surface area contributed by atoms with Gasteiger partial charge in [0.05, 0.1) is 26.2 Å². The smallest absolute Gasteiger partial charge is 0.275 e. The zero-order valence-electron chi connectivity index (χ0n) is 15.2. The van der Waals surface area contributed by atoms with E-state index in [9.17, 15) is 9.59 Å². The first-order valence-corrected chi connectivity index (χ1v) is 9.61. The third-order valence-electron chi connectivity index (χ3n) is 5.65. The highest BCUT2D eigenvalue weighted by molar-refractivity contribution is 5.94. The molecule has 2 fully saturated rings. The van der Waals surface area contributed by atoms with Crippen molar-refractivity contribution in [3.8, 4) is 0 Å². The van der Waals surface area contributed by atoms with Crippen molar-refractivity contribution in [3.63, 3.8) is 0 Å². The van der Waals surface area contributed by atoms with Crippen molar-refractivity contribution in [2.75, 3.05) is 32.7 Å². The van der Waals surface area contributed by atoms with E-state index in [1.807, 2.05) is 35.2 Å². The van der Waals surface area contributed by atoms with Crippen LogP contribution >= 0.6 is 0 Å². The van der Waals surface area contributed by atoms with Crippen LogP contribution in [0, 0.1) is 5.92 Å². The molecular weight excluding hydrogens is 314 g/mol. The molecule has 0 unspecified atom stereocenters. The molecular formula is C20H30N3O2+. The predicted octanol–water partition coefficient (Wildman–Crippen LogP) is 0.722. The van der Waals surface area contributed by atoms with Gasteiger partial charge in [-0.25, -0.2) is 0 Å². The fourth-order valence-electron chi connectivity index (χ4n) is 3.98. The number of hydrogen-bond acceptors (Lipinski definition) is 2. The Kier molecular flexibility index (Phi) is 6.08. The lowest BCUT2D eigenvalue weighted by atomic mass is 9.86. The molecule has 5 nitrogen and oxygen atoms in total. The van der Waals surface area contributed by atoms with Gasteiger partial charge >= 0.3 is 0 Å². The highest BCUT2D eigenvalue weighted by Crippen LogP contribution is 2.23. The Hall–Kier alpha value is -1.88. The molecule has 1 aliphatic heterocycles. The van der Waals surface area contributed by atoms with E-state index in [4.69, 9.17) is 0 Å². The summed E-state index contributed by atoms with van der Waals surface area (Å²) >= 11 is 0. The molecule has 136 valence electrons. The third-order valence-corrected chi connectivity index (χ3v) is 5.65. The number of quaternary nitrogens is 1. The van der Waals surface area contributed by atoms with E-state index >= 15 is 0 Å². The molecule has 1 aliphatic carbocycles. The summed E-state index contributed by atoms with van der Waals surface area (Å²) in [6.07, 6.45) is 4.85. The number of benzene rings is 1. The van der Waals surface area contributed by atoms with Gasteiger partial charge < -0.3 is 15.1 Å². The number of carbonyl (C=O) groups excluding carboxylic acids is 2. The quantitative estimate of drug-likeness (QED) is 0.846. The van der Waals surface area contributed by atoms with Gasteiger partial charge in [0.1, 0.15) is 0 Å². The first-order valence-electron chi connectivity index (χ1n) is 9.61. The van der Waals surface area contributed by atoms with E-state index in [0.29, 0.717) is 18.5 Å². The topological polar surface area (TPSA) is 53.9 Å². The van der Waals surface area contributed by atoms with Crippen molar-refractivity contribution in [1.82, 2.24) is 10.2 Å². The summed E-state index contributed by atoms with van der Waals surface area (Å²) < 4.78 is 0. The number of hydrogen-bond donors (Lipinski definition) is 2. The Morgan fingerprint density at radius 2 is 1.80 bits per heavy atom. The average molecular weight is 344 g/mol. The first-order chi connectivity index (χ1) is 12.1. The average Bonchev–Trinajstić information content (AvgIpc) is 2.64. The van der Waals surface area contributed by atoms with Crippen LogP contribution in [-0.2, 0) is 4.79 Å². The van der Waals surface area contributed by atoms with Crippen LogP contribution in [0.1, 0.15) is 43.0 Å². The van der Waals surface area contributed by atoms with Crippen LogP contribution in [0.4, 0.5) is 0 Å². The largest absolute Gasteiger partial charge is 0.348 e. The van der Waals surface area contributed by atoms with Gasteiger partial charge in [0.15, 0.2) is 6.54 Å². The zero-order chi connectivity index (χ0) is 17.6. The highest BCUT2D eigenvalue weighted by atomic mass is 16.2. The maximum atomic E-state index is 12.5. The van der Waals surface area contributed by atoms with Crippen molar-refractivity contribution >= 4 is 11.8 Å². The second-order valence-corrected chi connectivity index (χ2v) is 7.52. The highest BCUT2D eigenvalue weighted by Gasteiger charge is 2.28. The Morgan fingerprint density at radius 3 is 2.48 bits per heavy atom. The maximum Gasteiger partial charge on any atom is 0.275 e. The molecule has 0 radical (unpaired) electrons. The molecule has 1 saturated heterocycles. The SMILES string of the molecule is C[C@H]1CCCC[C@@H]1NC(=O)C[NH+]1CCN(C(=O)c2ccccc2)CC1. The summed E-state index contributed by atoms with van der Waals surface area (Å²) in [4.78, 5) is 28.0. The van der Waals surface area contributed by atoms with Gasteiger partial charge in [-0.1, -0.05) is 38.0 Å². The standard InChI is InChI=1S/C20H29N3O2/c1-16-7-5-6-10-18(16)21-19(24)15-22-11-13-23(14-12-22)20(25)17-8-3-2-4-9-17/h2-4,8-9,16,18H,5-7,10-15H2,1H3,(H,21,24)/p+1/t16-,18-/m0/s1. The monoisotopic (exact) mass is 344 g/mol. The van der Waals surface area contributed by atoms with Crippen molar-refractivity contribution in [2.24, 2.45) is 5.92 Å². The molecule has 0 spiro atoms. The molecule has 3 rings (SSSR count). The van der Waals surface area contributed by atoms with E-state index < -0.39 is 0 Å². The van der Waals surface area contributed by atoms with Crippen LogP contribution in [0.5, 0.6) is 0 Å². The van der Waals surface area contributed by atoms with Crippen molar-refractivity contribution in [2.45, 2.75) is 38.6 Å². The predicted molar refractivity (Wildman–Crippen MR) is 97.5 cm³/mol. The molecule has 5 heteroatoms. The van der Waals surface area contributed by atoms with E-state index in [1.54, 1.807) is 0 Å². The van der Waals surface area contributed by atoms with Gasteiger partial charge in [-0.15, -0.1) is 0 Å². The summed E-state index contributed by atoms with van der Waals surface area (Å²) in [7, 11) is 0. The molecule has 1 aromatic rings. The number of carbonyl (C=O) groups is 2. The lowest BCUT2D eigenvalue weighted by molar-refractivity contribution is -0.896. The van der Waals surface area contributed by atoms with Crippen LogP contribution in [0.2, 0.25) is 0 Å². The summed E-state index contributed by atoms with van der Waals surface area (Å²) in [6.45, 7) is 5.88. The van der Waals surface area contributed by atoms with Crippen LogP contribution in [0.15, 0.2) is 30.3 Å². The van der Waals surface area contributed by atoms with Crippen molar-refractivity contribution in [3.05, 3.63) is 35.9 Å². The fourth-order valence-corrected chi connectivity index (χ4v) is 3.98. The fraction of sp³-hybridized carbons (Fsp3) is 0.600. The summed E-state index contributed by atoms with van der Waals surface area (Å²) in [5.74, 6) is 0.852. The van der Waals surface area contributed by atoms with Crippen LogP contribution < -0.4 is 10.2 Å². The van der Waals surface area contributed by atoms with Crippen molar-refractivity contribution in [1.29, 1.82) is 0 Å². The van der Waals surface area contributed by atoms with Crippen molar-refractivity contribution < 1.29 is 14.5 Å². The summed E-state index contributed by atoms with van der Waals surface area (Å²) in [6, 6.07) is 9.78. The van der Waals surface area contributed by atoms with E-state index in [2.05, 4.69) is 12.2 Å². The van der Waals surface area contributed by atoms with E-state index in [0.717, 1.165) is 38.2 Å². The Morgan fingerprint density at radius 1 is 1.12 bits per heavy atom. The Balaban J connectivity index is 1.43. The number of nitrogens with one attached hydrogen (secondary N) is 2. The molecule has 1 saturated carbocycles. The minimum Gasteiger partial charge on any atom is -0.348 e. The first kappa shape index (κ1) is 17.9. The molecule has 0 bridgehead atoms. The molecule has 2 amide bonds. The van der Waals surface area contributed by atoms with Gasteiger partial charge in [0.2, 0.25) is 0 Å². The Labute approximate surface area is 150 Å². The molecule has 1 aromatic carbocycles. The maximum absolute atomic E-state index is 12.5. The van der Waals surface area contributed by atoms with Crippen LogP contribution in [-0.4, -0.2) is 55.5 Å². The molecule has 2 N–H and O–H groups in total. The third kappa shape index (κ3) is 4.82. The minimum absolute atomic E-state index is 0.0973. The second-order valence-electron chi connectivity index (χ2n) is 7.52. The number of nitrogens with zero attached hydrogens (tertiary/aromatic N) is 1. The number of piperazine rings is 1.